The van der Waals surface area contributed by atoms with Crippen molar-refractivity contribution in [1.29, 1.82) is 0 Å². The van der Waals surface area contributed by atoms with Gasteiger partial charge in [0, 0.05) is 5.56 Å². The van der Waals surface area contributed by atoms with E-state index < -0.39 is 0 Å². The quantitative estimate of drug-likeness (QED) is 0.472. The molecule has 0 atom stereocenters. The fourth-order valence-electron chi connectivity index (χ4n) is 3.01. The molecule has 0 unspecified atom stereocenters. The van der Waals surface area contributed by atoms with Gasteiger partial charge in [-0.2, -0.15) is 0 Å². The van der Waals surface area contributed by atoms with Crippen molar-refractivity contribution in [2.24, 2.45) is 0 Å². The number of rotatable bonds is 7. The van der Waals surface area contributed by atoms with Crippen LogP contribution >= 0.6 is 0 Å². The summed E-state index contributed by atoms with van der Waals surface area (Å²) in [4.78, 5) is 0. The van der Waals surface area contributed by atoms with Crippen molar-refractivity contribution in [2.45, 2.75) is 0 Å². The lowest BCUT2D eigenvalue weighted by molar-refractivity contribution is 0.347. The van der Waals surface area contributed by atoms with E-state index in [0.717, 1.165) is 28.0 Å². The Balaban J connectivity index is 2.06. The Hall–Kier alpha value is -3.46. The molecule has 3 aromatic rings. The second-order valence-electron chi connectivity index (χ2n) is 6.14. The molecule has 3 aromatic carbocycles. The molecule has 142 valence electrons. The van der Waals surface area contributed by atoms with Crippen LogP contribution in [0.5, 0.6) is 17.2 Å². The van der Waals surface area contributed by atoms with Crippen LogP contribution in [0, 0.1) is 0 Å². The molecule has 0 bridgehead atoms. The van der Waals surface area contributed by atoms with Crippen LogP contribution in [0.1, 0.15) is 22.3 Å². The molecular weight excluding hydrogens is 348 g/mol. The first kappa shape index (κ1) is 19.3. The van der Waals surface area contributed by atoms with Gasteiger partial charge >= 0.3 is 0 Å². The van der Waals surface area contributed by atoms with E-state index in [1.807, 2.05) is 78.9 Å². The van der Waals surface area contributed by atoms with Crippen molar-refractivity contribution in [2.75, 3.05) is 21.3 Å². The molecular formula is C25H24O3. The first-order valence-electron chi connectivity index (χ1n) is 9.06. The molecule has 0 heterocycles. The average Bonchev–Trinajstić information content (AvgIpc) is 2.76. The zero-order valence-electron chi connectivity index (χ0n) is 16.4. The zero-order valence-corrected chi connectivity index (χ0v) is 16.4. The third-order valence-electron chi connectivity index (χ3n) is 4.39. The van der Waals surface area contributed by atoms with Crippen LogP contribution in [0.3, 0.4) is 0 Å². The minimum Gasteiger partial charge on any atom is -0.496 e. The summed E-state index contributed by atoms with van der Waals surface area (Å²) < 4.78 is 17.0. The highest BCUT2D eigenvalue weighted by atomic mass is 16.5. The minimum absolute atomic E-state index is 0.641. The van der Waals surface area contributed by atoms with Gasteiger partial charge in [0.15, 0.2) is 11.5 Å². The van der Waals surface area contributed by atoms with Gasteiger partial charge in [0.05, 0.1) is 26.9 Å². The first-order valence-corrected chi connectivity index (χ1v) is 9.06. The van der Waals surface area contributed by atoms with Gasteiger partial charge in [-0.15, -0.1) is 0 Å². The van der Waals surface area contributed by atoms with E-state index in [1.165, 1.54) is 0 Å². The highest BCUT2D eigenvalue weighted by molar-refractivity contribution is 5.83. The molecule has 0 N–H and O–H groups in total. The van der Waals surface area contributed by atoms with Gasteiger partial charge in [0.2, 0.25) is 0 Å². The van der Waals surface area contributed by atoms with Gasteiger partial charge in [-0.3, -0.25) is 0 Å². The molecule has 0 radical (unpaired) electrons. The third kappa shape index (κ3) is 4.44. The van der Waals surface area contributed by atoms with Gasteiger partial charge in [-0.05, 0) is 23.3 Å². The zero-order chi connectivity index (χ0) is 19.8. The average molecular weight is 372 g/mol. The first-order chi connectivity index (χ1) is 13.8. The molecule has 0 aromatic heterocycles. The minimum atomic E-state index is 0.641. The van der Waals surface area contributed by atoms with E-state index >= 15 is 0 Å². The Morgan fingerprint density at radius 2 is 1.11 bits per heavy atom. The molecule has 0 aliphatic rings. The fourth-order valence-corrected chi connectivity index (χ4v) is 3.01. The molecule has 3 heteroatoms. The van der Waals surface area contributed by atoms with Crippen LogP contribution in [-0.4, -0.2) is 21.3 Å². The summed E-state index contributed by atoms with van der Waals surface area (Å²) in [7, 11) is 4.95. The summed E-state index contributed by atoms with van der Waals surface area (Å²) in [5, 5.41) is 0. The van der Waals surface area contributed by atoms with E-state index in [1.54, 1.807) is 21.3 Å². The van der Waals surface area contributed by atoms with Crippen molar-refractivity contribution in [3.63, 3.8) is 0 Å². The normalized spacial score (nSPS) is 11.1. The number of hydrogen-bond acceptors (Lipinski definition) is 3. The van der Waals surface area contributed by atoms with Crippen molar-refractivity contribution in [1.82, 2.24) is 0 Å². The summed E-state index contributed by atoms with van der Waals surface area (Å²) >= 11 is 0. The number of hydrogen-bond donors (Lipinski definition) is 0. The molecule has 0 aliphatic heterocycles. The van der Waals surface area contributed by atoms with Crippen molar-refractivity contribution >= 4 is 24.3 Å². The molecule has 0 saturated heterocycles. The lowest BCUT2D eigenvalue weighted by Crippen LogP contribution is -1.99. The molecule has 0 saturated carbocycles. The van der Waals surface area contributed by atoms with E-state index in [2.05, 4.69) is 12.1 Å². The van der Waals surface area contributed by atoms with Crippen molar-refractivity contribution in [3.8, 4) is 17.2 Å². The third-order valence-corrected chi connectivity index (χ3v) is 4.39. The van der Waals surface area contributed by atoms with Gasteiger partial charge in [0.1, 0.15) is 5.75 Å². The predicted molar refractivity (Wildman–Crippen MR) is 117 cm³/mol. The van der Waals surface area contributed by atoms with Crippen molar-refractivity contribution < 1.29 is 14.2 Å². The summed E-state index contributed by atoms with van der Waals surface area (Å²) in [5.74, 6) is 2.03. The molecule has 3 nitrogen and oxygen atoms in total. The number of benzene rings is 3. The highest BCUT2D eigenvalue weighted by Crippen LogP contribution is 2.42. The molecule has 0 aliphatic carbocycles. The Labute approximate surface area is 166 Å². The van der Waals surface area contributed by atoms with Crippen LogP contribution in [0.2, 0.25) is 0 Å². The smallest absolute Gasteiger partial charge is 0.172 e. The number of ether oxygens (including phenoxy) is 3. The molecule has 28 heavy (non-hydrogen) atoms. The maximum atomic E-state index is 5.70. The van der Waals surface area contributed by atoms with Gasteiger partial charge < -0.3 is 14.2 Å². The van der Waals surface area contributed by atoms with E-state index in [0.29, 0.717) is 11.5 Å². The van der Waals surface area contributed by atoms with Crippen LogP contribution < -0.4 is 14.2 Å². The van der Waals surface area contributed by atoms with E-state index in [4.69, 9.17) is 14.2 Å². The second kappa shape index (κ2) is 9.47. The Bertz CT molecular complexity index is 958. The molecule has 3 rings (SSSR count). The predicted octanol–water partition coefficient (Wildman–Crippen LogP) is 6.05. The molecule has 0 fully saturated rings. The number of methoxy groups -OCH3 is 3. The van der Waals surface area contributed by atoms with Crippen LogP contribution in [-0.2, 0) is 0 Å². The monoisotopic (exact) mass is 372 g/mol. The maximum Gasteiger partial charge on any atom is 0.172 e. The maximum absolute atomic E-state index is 5.70. The lowest BCUT2D eigenvalue weighted by atomic mass is 10.0. The lowest BCUT2D eigenvalue weighted by Gasteiger charge is -2.17. The Morgan fingerprint density at radius 1 is 0.571 bits per heavy atom. The van der Waals surface area contributed by atoms with Crippen LogP contribution in [0.4, 0.5) is 0 Å². The van der Waals surface area contributed by atoms with Crippen LogP contribution in [0.15, 0.2) is 66.7 Å². The second-order valence-corrected chi connectivity index (χ2v) is 6.14. The largest absolute Gasteiger partial charge is 0.496 e. The summed E-state index contributed by atoms with van der Waals surface area (Å²) in [6, 6.07) is 22.2. The van der Waals surface area contributed by atoms with Crippen LogP contribution in [0.25, 0.3) is 24.3 Å². The van der Waals surface area contributed by atoms with Crippen molar-refractivity contribution in [3.05, 3.63) is 89.0 Å². The standard InChI is InChI=1S/C25H24O3/c1-26-23-18-21(16-14-19-10-6-4-7-11-19)24(27-2)25(28-3)22(23)17-15-20-12-8-5-9-13-20/h4-18H,1-3H3. The SMILES string of the molecule is COc1cc(C=Cc2ccccc2)c(OC)c(OC)c1C=Cc1ccccc1. The summed E-state index contributed by atoms with van der Waals surface area (Å²) in [6.45, 7) is 0. The van der Waals surface area contributed by atoms with Gasteiger partial charge in [0.25, 0.3) is 0 Å². The van der Waals surface area contributed by atoms with E-state index in [-0.39, 0.29) is 0 Å². The Kier molecular flexibility index (Phi) is 6.53. The Morgan fingerprint density at radius 3 is 1.61 bits per heavy atom. The summed E-state index contributed by atoms with van der Waals surface area (Å²) in [6.07, 6.45) is 8.06. The van der Waals surface area contributed by atoms with E-state index in [9.17, 15) is 0 Å². The topological polar surface area (TPSA) is 27.7 Å². The van der Waals surface area contributed by atoms with Gasteiger partial charge in [-0.1, -0.05) is 78.9 Å². The highest BCUT2D eigenvalue weighted by Gasteiger charge is 2.17. The fraction of sp³-hybridized carbons (Fsp3) is 0.120. The molecule has 0 spiro atoms. The van der Waals surface area contributed by atoms with Gasteiger partial charge in [-0.25, -0.2) is 0 Å². The summed E-state index contributed by atoms with van der Waals surface area (Å²) in [5.41, 5.74) is 3.92. The molecule has 0 amide bonds.